The van der Waals surface area contributed by atoms with Gasteiger partial charge in [-0.2, -0.15) is 0 Å². The fourth-order valence-corrected chi connectivity index (χ4v) is 4.49. The van der Waals surface area contributed by atoms with Crippen LogP contribution in [0.4, 0.5) is 0 Å². The molecule has 20 heavy (non-hydrogen) atoms. The van der Waals surface area contributed by atoms with Crippen molar-refractivity contribution in [3.63, 3.8) is 0 Å². The van der Waals surface area contributed by atoms with Gasteiger partial charge in [-0.3, -0.25) is 4.79 Å². The molecule has 1 heterocycles. The molecule has 2 aliphatic carbocycles. The van der Waals surface area contributed by atoms with E-state index in [1.807, 2.05) is 11.5 Å². The minimum Gasteiger partial charge on any atom is -0.352 e. The lowest BCUT2D eigenvalue weighted by molar-refractivity contribution is -0.119. The number of thioether (sulfide) groups is 1. The SMILES string of the molecule is CCn1c(C)nnc1SCC(=O)N[C@@H]1C[C@H]2CC[C@@H]1C2. The maximum absolute atomic E-state index is 12.1. The molecule has 6 heteroatoms. The predicted octanol–water partition coefficient (Wildman–Crippen LogP) is 2.00. The normalized spacial score (nSPS) is 28.0. The lowest BCUT2D eigenvalue weighted by Gasteiger charge is -2.22. The molecule has 5 nitrogen and oxygen atoms in total. The summed E-state index contributed by atoms with van der Waals surface area (Å²) in [6.07, 6.45) is 5.17. The van der Waals surface area contributed by atoms with Crippen LogP contribution in [0.5, 0.6) is 0 Å². The summed E-state index contributed by atoms with van der Waals surface area (Å²) in [6, 6.07) is 0.424. The maximum Gasteiger partial charge on any atom is 0.230 e. The van der Waals surface area contributed by atoms with Crippen molar-refractivity contribution >= 4 is 17.7 Å². The summed E-state index contributed by atoms with van der Waals surface area (Å²) in [5, 5.41) is 12.2. The second kappa shape index (κ2) is 5.76. The van der Waals surface area contributed by atoms with E-state index >= 15 is 0 Å². The molecule has 1 aromatic rings. The molecule has 0 saturated heterocycles. The Labute approximate surface area is 123 Å². The molecule has 2 aliphatic rings. The minimum atomic E-state index is 0.135. The van der Waals surface area contributed by atoms with Crippen LogP contribution in [0.25, 0.3) is 0 Å². The smallest absolute Gasteiger partial charge is 0.230 e. The number of rotatable bonds is 5. The third kappa shape index (κ3) is 2.71. The molecule has 0 aromatic carbocycles. The first kappa shape index (κ1) is 13.9. The molecule has 3 rings (SSSR count). The van der Waals surface area contributed by atoms with E-state index in [-0.39, 0.29) is 5.91 Å². The van der Waals surface area contributed by atoms with Gasteiger partial charge in [-0.05, 0) is 44.9 Å². The molecular weight excluding hydrogens is 272 g/mol. The maximum atomic E-state index is 12.1. The van der Waals surface area contributed by atoms with E-state index in [1.54, 1.807) is 0 Å². The monoisotopic (exact) mass is 294 g/mol. The quantitative estimate of drug-likeness (QED) is 0.844. The zero-order valence-corrected chi connectivity index (χ0v) is 12.9. The Kier molecular flexibility index (Phi) is 4.01. The first-order chi connectivity index (χ1) is 9.67. The lowest BCUT2D eigenvalue weighted by Crippen LogP contribution is -2.39. The van der Waals surface area contributed by atoms with Crippen molar-refractivity contribution in [3.05, 3.63) is 5.82 Å². The molecule has 2 fully saturated rings. The average Bonchev–Trinajstić information content (AvgIpc) is 3.11. The van der Waals surface area contributed by atoms with Gasteiger partial charge in [0.2, 0.25) is 5.91 Å². The molecule has 1 aromatic heterocycles. The van der Waals surface area contributed by atoms with Crippen LogP contribution >= 0.6 is 11.8 Å². The molecule has 1 amide bonds. The Hall–Kier alpha value is -1.04. The molecule has 0 spiro atoms. The van der Waals surface area contributed by atoms with Crippen LogP contribution < -0.4 is 5.32 Å². The summed E-state index contributed by atoms with van der Waals surface area (Å²) in [7, 11) is 0. The number of hydrogen-bond acceptors (Lipinski definition) is 4. The van der Waals surface area contributed by atoms with Crippen molar-refractivity contribution in [3.8, 4) is 0 Å². The summed E-state index contributed by atoms with van der Waals surface area (Å²) < 4.78 is 2.04. The first-order valence-electron chi connectivity index (χ1n) is 7.49. The minimum absolute atomic E-state index is 0.135. The third-order valence-electron chi connectivity index (χ3n) is 4.63. The van der Waals surface area contributed by atoms with E-state index in [0.717, 1.165) is 29.4 Å². The van der Waals surface area contributed by atoms with Gasteiger partial charge in [0.15, 0.2) is 5.16 Å². The standard InChI is InChI=1S/C14H22N4OS/c1-3-18-9(2)16-17-14(18)20-8-13(19)15-12-7-10-4-5-11(12)6-10/h10-12H,3-8H2,1-2H3,(H,15,19)/t10-,11+,12+/m0/s1. The molecular formula is C14H22N4OS. The van der Waals surface area contributed by atoms with Crippen molar-refractivity contribution < 1.29 is 4.79 Å². The Bertz CT molecular complexity index is 501. The first-order valence-corrected chi connectivity index (χ1v) is 8.48. The Balaban J connectivity index is 1.49. The fraction of sp³-hybridized carbons (Fsp3) is 0.786. The summed E-state index contributed by atoms with van der Waals surface area (Å²) in [6.45, 7) is 4.85. The number of aryl methyl sites for hydroxylation is 1. The van der Waals surface area contributed by atoms with Gasteiger partial charge in [-0.1, -0.05) is 18.2 Å². The van der Waals surface area contributed by atoms with Crippen LogP contribution in [0.2, 0.25) is 0 Å². The van der Waals surface area contributed by atoms with Gasteiger partial charge in [-0.15, -0.1) is 10.2 Å². The largest absolute Gasteiger partial charge is 0.352 e. The number of nitrogens with zero attached hydrogens (tertiary/aromatic N) is 3. The second-order valence-electron chi connectivity index (χ2n) is 5.91. The number of aromatic nitrogens is 3. The van der Waals surface area contributed by atoms with E-state index in [1.165, 1.54) is 37.4 Å². The number of carbonyl (C=O) groups is 1. The van der Waals surface area contributed by atoms with E-state index in [4.69, 9.17) is 0 Å². The third-order valence-corrected chi connectivity index (χ3v) is 5.60. The van der Waals surface area contributed by atoms with Gasteiger partial charge in [0.1, 0.15) is 5.82 Å². The highest BCUT2D eigenvalue weighted by Gasteiger charge is 2.39. The number of fused-ring (bicyclic) bond motifs is 2. The van der Waals surface area contributed by atoms with Crippen LogP contribution in [0.15, 0.2) is 5.16 Å². The Morgan fingerprint density at radius 3 is 2.90 bits per heavy atom. The molecule has 0 radical (unpaired) electrons. The summed E-state index contributed by atoms with van der Waals surface area (Å²) in [5.41, 5.74) is 0. The lowest BCUT2D eigenvalue weighted by atomic mass is 9.95. The highest BCUT2D eigenvalue weighted by Crippen LogP contribution is 2.44. The van der Waals surface area contributed by atoms with E-state index in [2.05, 4.69) is 22.4 Å². The summed E-state index contributed by atoms with van der Waals surface area (Å²) in [4.78, 5) is 12.1. The second-order valence-corrected chi connectivity index (χ2v) is 6.85. The van der Waals surface area contributed by atoms with E-state index in [0.29, 0.717) is 11.8 Å². The van der Waals surface area contributed by atoms with Gasteiger partial charge in [0.05, 0.1) is 5.75 Å². The molecule has 110 valence electrons. The van der Waals surface area contributed by atoms with Crippen LogP contribution in [0, 0.1) is 18.8 Å². The van der Waals surface area contributed by atoms with Crippen LogP contribution in [0.1, 0.15) is 38.4 Å². The van der Waals surface area contributed by atoms with Gasteiger partial charge >= 0.3 is 0 Å². The average molecular weight is 294 g/mol. The van der Waals surface area contributed by atoms with Crippen molar-refractivity contribution in [2.24, 2.45) is 11.8 Å². The highest BCUT2D eigenvalue weighted by molar-refractivity contribution is 7.99. The zero-order valence-electron chi connectivity index (χ0n) is 12.1. The number of hydrogen-bond donors (Lipinski definition) is 1. The Morgan fingerprint density at radius 1 is 1.40 bits per heavy atom. The molecule has 1 N–H and O–H groups in total. The zero-order chi connectivity index (χ0) is 14.1. The van der Waals surface area contributed by atoms with E-state index in [9.17, 15) is 4.79 Å². The van der Waals surface area contributed by atoms with Crippen molar-refractivity contribution in [1.82, 2.24) is 20.1 Å². The van der Waals surface area contributed by atoms with Gasteiger partial charge in [-0.25, -0.2) is 0 Å². The summed E-state index contributed by atoms with van der Waals surface area (Å²) in [5.74, 6) is 3.07. The van der Waals surface area contributed by atoms with Crippen molar-refractivity contribution in [2.45, 2.75) is 57.3 Å². The van der Waals surface area contributed by atoms with Crippen LogP contribution in [0.3, 0.4) is 0 Å². The number of nitrogens with one attached hydrogen (secondary N) is 1. The number of amides is 1. The molecule has 2 saturated carbocycles. The molecule has 0 aliphatic heterocycles. The number of carbonyl (C=O) groups excluding carboxylic acids is 1. The van der Waals surface area contributed by atoms with Crippen LogP contribution in [-0.2, 0) is 11.3 Å². The van der Waals surface area contributed by atoms with Gasteiger partial charge in [0, 0.05) is 12.6 Å². The molecule has 2 bridgehead atoms. The van der Waals surface area contributed by atoms with E-state index < -0.39 is 0 Å². The molecule has 0 unspecified atom stereocenters. The molecule has 3 atom stereocenters. The topological polar surface area (TPSA) is 59.8 Å². The summed E-state index contributed by atoms with van der Waals surface area (Å²) >= 11 is 1.48. The predicted molar refractivity (Wildman–Crippen MR) is 78.5 cm³/mol. The van der Waals surface area contributed by atoms with Crippen molar-refractivity contribution in [1.29, 1.82) is 0 Å². The van der Waals surface area contributed by atoms with Crippen LogP contribution in [-0.4, -0.2) is 32.5 Å². The van der Waals surface area contributed by atoms with Gasteiger partial charge in [0.25, 0.3) is 0 Å². The van der Waals surface area contributed by atoms with Gasteiger partial charge < -0.3 is 9.88 Å². The highest BCUT2D eigenvalue weighted by atomic mass is 32.2. The Morgan fingerprint density at radius 2 is 2.25 bits per heavy atom. The fourth-order valence-electron chi connectivity index (χ4n) is 3.63. The van der Waals surface area contributed by atoms with Crippen molar-refractivity contribution in [2.75, 3.05) is 5.75 Å².